The first-order valence-electron chi connectivity index (χ1n) is 6.07. The lowest BCUT2D eigenvalue weighted by atomic mass is 10.1. The van der Waals surface area contributed by atoms with E-state index >= 15 is 0 Å². The molecule has 0 aliphatic carbocycles. The van der Waals surface area contributed by atoms with Crippen LogP contribution in [0.25, 0.3) is 0 Å². The normalized spacial score (nSPS) is 22.7. The molecule has 0 unspecified atom stereocenters. The Morgan fingerprint density at radius 2 is 2.18 bits per heavy atom. The van der Waals surface area contributed by atoms with Crippen molar-refractivity contribution < 1.29 is 19.1 Å². The van der Waals surface area contributed by atoms with Gasteiger partial charge >= 0.3 is 0 Å². The van der Waals surface area contributed by atoms with Crippen molar-refractivity contribution in [1.82, 2.24) is 5.06 Å². The highest BCUT2D eigenvalue weighted by atomic mass is 16.7. The number of nitrogens with zero attached hydrogens (tertiary/aromatic N) is 1. The third-order valence-corrected chi connectivity index (χ3v) is 2.86. The van der Waals surface area contributed by atoms with Crippen LogP contribution < -0.4 is 0 Å². The molecule has 1 saturated heterocycles. The maximum absolute atomic E-state index is 11.4. The summed E-state index contributed by atoms with van der Waals surface area (Å²) in [5.74, 6) is -0.437. The molecule has 1 amide bonds. The summed E-state index contributed by atoms with van der Waals surface area (Å²) in [5, 5.41) is 1.26. The van der Waals surface area contributed by atoms with E-state index in [0.717, 1.165) is 19.3 Å². The van der Waals surface area contributed by atoms with Crippen molar-refractivity contribution in [3.05, 3.63) is 0 Å². The van der Waals surface area contributed by atoms with Crippen molar-refractivity contribution in [1.29, 1.82) is 0 Å². The van der Waals surface area contributed by atoms with Gasteiger partial charge in [0.25, 0.3) is 0 Å². The molecule has 0 aromatic rings. The number of carbonyl (C=O) groups is 1. The van der Waals surface area contributed by atoms with Crippen molar-refractivity contribution in [3.8, 4) is 0 Å². The number of hydroxylamine groups is 2. The fraction of sp³-hybridized carbons (Fsp3) is 0.917. The van der Waals surface area contributed by atoms with E-state index in [1.165, 1.54) is 12.2 Å². The largest absolute Gasteiger partial charge is 0.348 e. The predicted molar refractivity (Wildman–Crippen MR) is 63.2 cm³/mol. The lowest BCUT2D eigenvalue weighted by molar-refractivity contribution is -0.168. The van der Waals surface area contributed by atoms with Gasteiger partial charge in [0.2, 0.25) is 5.91 Å². The standard InChI is InChI=1S/C12H23NO4/c1-12(2)16-9-10(17-12)7-5-6-8-11(14)13(3)15-4/h10H,5-9H2,1-4H3/t10-/m0/s1. The Morgan fingerprint density at radius 3 is 2.71 bits per heavy atom. The van der Waals surface area contributed by atoms with Crippen LogP contribution in [0.5, 0.6) is 0 Å². The van der Waals surface area contributed by atoms with Gasteiger partial charge in [-0.15, -0.1) is 0 Å². The molecule has 5 heteroatoms. The molecule has 0 aromatic carbocycles. The predicted octanol–water partition coefficient (Wildman–Crippen LogP) is 1.72. The van der Waals surface area contributed by atoms with Gasteiger partial charge in [-0.05, 0) is 26.7 Å². The van der Waals surface area contributed by atoms with Crippen molar-refractivity contribution in [2.45, 2.75) is 51.4 Å². The van der Waals surface area contributed by atoms with E-state index in [9.17, 15) is 4.79 Å². The number of carbonyl (C=O) groups excluding carboxylic acids is 1. The molecule has 0 saturated carbocycles. The van der Waals surface area contributed by atoms with Gasteiger partial charge in [-0.1, -0.05) is 6.42 Å². The average Bonchev–Trinajstić information content (AvgIpc) is 2.63. The molecular formula is C12H23NO4. The topological polar surface area (TPSA) is 48.0 Å². The first-order valence-corrected chi connectivity index (χ1v) is 6.07. The van der Waals surface area contributed by atoms with Crippen molar-refractivity contribution in [2.24, 2.45) is 0 Å². The molecule has 5 nitrogen and oxygen atoms in total. The smallest absolute Gasteiger partial charge is 0.245 e. The van der Waals surface area contributed by atoms with Gasteiger partial charge < -0.3 is 9.47 Å². The molecule has 1 rings (SSSR count). The van der Waals surface area contributed by atoms with Gasteiger partial charge in [-0.3, -0.25) is 9.63 Å². The first kappa shape index (κ1) is 14.4. The van der Waals surface area contributed by atoms with E-state index in [2.05, 4.69) is 0 Å². The third kappa shape index (κ3) is 5.02. The van der Waals surface area contributed by atoms with Crippen LogP contribution in [0.15, 0.2) is 0 Å². The van der Waals surface area contributed by atoms with Gasteiger partial charge in [0, 0.05) is 13.5 Å². The highest BCUT2D eigenvalue weighted by Crippen LogP contribution is 2.25. The summed E-state index contributed by atoms with van der Waals surface area (Å²) in [7, 11) is 3.11. The van der Waals surface area contributed by atoms with Gasteiger partial charge in [0.15, 0.2) is 5.79 Å². The zero-order valence-electron chi connectivity index (χ0n) is 11.2. The second kappa shape index (κ2) is 6.33. The van der Waals surface area contributed by atoms with Crippen LogP contribution in [-0.4, -0.2) is 43.6 Å². The third-order valence-electron chi connectivity index (χ3n) is 2.86. The van der Waals surface area contributed by atoms with E-state index < -0.39 is 5.79 Å². The maximum Gasteiger partial charge on any atom is 0.245 e. The monoisotopic (exact) mass is 245 g/mol. The molecule has 1 atom stereocenters. The number of rotatable bonds is 6. The minimum Gasteiger partial charge on any atom is -0.348 e. The summed E-state index contributed by atoms with van der Waals surface area (Å²) in [6, 6.07) is 0. The van der Waals surface area contributed by atoms with Gasteiger partial charge in [0.1, 0.15) is 0 Å². The van der Waals surface area contributed by atoms with Gasteiger partial charge in [-0.2, -0.15) is 0 Å². The molecular weight excluding hydrogens is 222 g/mol. The molecule has 100 valence electrons. The summed E-state index contributed by atoms with van der Waals surface area (Å²) in [6.45, 7) is 4.49. The second-order valence-corrected chi connectivity index (χ2v) is 4.77. The van der Waals surface area contributed by atoms with Crippen LogP contribution in [-0.2, 0) is 19.1 Å². The minimum absolute atomic E-state index is 0.0106. The van der Waals surface area contributed by atoms with E-state index in [1.807, 2.05) is 13.8 Å². The summed E-state index contributed by atoms with van der Waals surface area (Å²) in [6.07, 6.45) is 3.44. The van der Waals surface area contributed by atoms with Gasteiger partial charge in [0.05, 0.1) is 19.8 Å². The fourth-order valence-electron chi connectivity index (χ4n) is 1.81. The molecule has 0 aromatic heterocycles. The zero-order chi connectivity index (χ0) is 12.9. The SMILES string of the molecule is CON(C)C(=O)CCCC[C@H]1COC(C)(C)O1. The van der Waals surface area contributed by atoms with Crippen molar-refractivity contribution in [2.75, 3.05) is 20.8 Å². The van der Waals surface area contributed by atoms with Gasteiger partial charge in [-0.25, -0.2) is 5.06 Å². The first-order chi connectivity index (χ1) is 7.94. The molecule has 1 fully saturated rings. The molecule has 0 bridgehead atoms. The van der Waals surface area contributed by atoms with Crippen LogP contribution in [0.1, 0.15) is 39.5 Å². The van der Waals surface area contributed by atoms with Crippen LogP contribution in [0.4, 0.5) is 0 Å². The lowest BCUT2D eigenvalue weighted by Gasteiger charge is -2.17. The molecule has 0 spiro atoms. The number of hydrogen-bond donors (Lipinski definition) is 0. The highest BCUT2D eigenvalue weighted by Gasteiger charge is 2.31. The van der Waals surface area contributed by atoms with Crippen LogP contribution in [0.3, 0.4) is 0 Å². The molecule has 0 N–H and O–H groups in total. The highest BCUT2D eigenvalue weighted by molar-refractivity contribution is 5.74. The summed E-state index contributed by atoms with van der Waals surface area (Å²) >= 11 is 0. The molecule has 17 heavy (non-hydrogen) atoms. The Morgan fingerprint density at radius 1 is 1.47 bits per heavy atom. The minimum atomic E-state index is -0.448. The Balaban J connectivity index is 2.07. The quantitative estimate of drug-likeness (QED) is 0.528. The van der Waals surface area contributed by atoms with Crippen molar-refractivity contribution >= 4 is 5.91 Å². The van der Waals surface area contributed by atoms with Crippen LogP contribution in [0, 0.1) is 0 Å². The molecule has 1 heterocycles. The summed E-state index contributed by atoms with van der Waals surface area (Å²) in [5.41, 5.74) is 0. The molecule has 1 aliphatic heterocycles. The van der Waals surface area contributed by atoms with E-state index in [-0.39, 0.29) is 12.0 Å². The maximum atomic E-state index is 11.4. The summed E-state index contributed by atoms with van der Waals surface area (Å²) in [4.78, 5) is 16.2. The van der Waals surface area contributed by atoms with Crippen molar-refractivity contribution in [3.63, 3.8) is 0 Å². The fourth-order valence-corrected chi connectivity index (χ4v) is 1.81. The second-order valence-electron chi connectivity index (χ2n) is 4.77. The molecule has 0 radical (unpaired) electrons. The van der Waals surface area contributed by atoms with Crippen LogP contribution in [0.2, 0.25) is 0 Å². The lowest BCUT2D eigenvalue weighted by Crippen LogP contribution is -2.25. The Labute approximate surface area is 103 Å². The van der Waals surface area contributed by atoms with E-state index in [1.54, 1.807) is 7.05 Å². The Hall–Kier alpha value is -0.650. The number of unbranched alkanes of at least 4 members (excludes halogenated alkanes) is 1. The number of hydrogen-bond acceptors (Lipinski definition) is 4. The Bertz CT molecular complexity index is 255. The Kier molecular flexibility index (Phi) is 5.36. The summed E-state index contributed by atoms with van der Waals surface area (Å²) < 4.78 is 11.2. The average molecular weight is 245 g/mol. The van der Waals surface area contributed by atoms with E-state index in [0.29, 0.717) is 13.0 Å². The zero-order valence-corrected chi connectivity index (χ0v) is 11.2. The van der Waals surface area contributed by atoms with Crippen LogP contribution >= 0.6 is 0 Å². The number of amides is 1. The molecule has 1 aliphatic rings. The number of ether oxygens (including phenoxy) is 2. The van der Waals surface area contributed by atoms with E-state index in [4.69, 9.17) is 14.3 Å².